The number of benzene rings is 3. The Morgan fingerprint density at radius 2 is 1.88 bits per heavy atom. The lowest BCUT2D eigenvalue weighted by atomic mass is 9.88. The summed E-state index contributed by atoms with van der Waals surface area (Å²) in [7, 11) is 0. The molecule has 1 fully saturated rings. The summed E-state index contributed by atoms with van der Waals surface area (Å²) >= 11 is 5.77. The van der Waals surface area contributed by atoms with E-state index in [9.17, 15) is 18.4 Å². The quantitative estimate of drug-likeness (QED) is 0.569. The number of hydrogen-bond acceptors (Lipinski definition) is 4. The number of halogens is 3. The van der Waals surface area contributed by atoms with Crippen molar-refractivity contribution in [1.82, 2.24) is 10.4 Å². The number of nitrogens with one attached hydrogen (secondary N) is 2. The predicted octanol–water partition coefficient (Wildman–Crippen LogP) is 4.28. The zero-order valence-corrected chi connectivity index (χ0v) is 18.7. The van der Waals surface area contributed by atoms with Gasteiger partial charge in [0.25, 0.3) is 0 Å². The number of carbonyl (C=O) groups is 2. The summed E-state index contributed by atoms with van der Waals surface area (Å²) in [5.74, 6) is -2.18. The molecular formula is C25H21ClF2N4O2. The third-order valence-corrected chi connectivity index (χ3v) is 6.37. The van der Waals surface area contributed by atoms with Gasteiger partial charge in [-0.15, -0.1) is 0 Å². The molecule has 2 N–H and O–H groups in total. The van der Waals surface area contributed by atoms with E-state index in [1.165, 1.54) is 29.3 Å². The minimum atomic E-state index is -0.592. The Bertz CT molecular complexity index is 1260. The Morgan fingerprint density at radius 1 is 1.09 bits per heavy atom. The van der Waals surface area contributed by atoms with E-state index in [4.69, 9.17) is 11.6 Å². The molecule has 2 heterocycles. The molecule has 174 valence electrons. The fraction of sp³-hybridized carbons (Fsp3) is 0.200. The molecule has 2 amide bonds. The van der Waals surface area contributed by atoms with Crippen molar-refractivity contribution in [3.8, 4) is 0 Å². The van der Waals surface area contributed by atoms with Crippen molar-refractivity contribution >= 4 is 34.8 Å². The molecule has 0 aromatic heterocycles. The van der Waals surface area contributed by atoms with Crippen molar-refractivity contribution in [3.63, 3.8) is 0 Å². The highest BCUT2D eigenvalue weighted by molar-refractivity contribution is 6.31. The molecule has 34 heavy (non-hydrogen) atoms. The Balaban J connectivity index is 1.35. The average Bonchev–Trinajstić information content (AvgIpc) is 3.12. The summed E-state index contributed by atoms with van der Waals surface area (Å²) in [6.07, 6.45) is 0. The van der Waals surface area contributed by atoms with E-state index in [1.54, 1.807) is 6.07 Å². The molecule has 2 unspecified atom stereocenters. The smallest absolute Gasteiger partial charge is 0.245 e. The molecule has 0 bridgehead atoms. The van der Waals surface area contributed by atoms with Crippen molar-refractivity contribution in [1.29, 1.82) is 0 Å². The molecule has 2 aliphatic rings. The normalized spacial score (nSPS) is 19.1. The maximum Gasteiger partial charge on any atom is 0.245 e. The summed E-state index contributed by atoms with van der Waals surface area (Å²) in [6.45, 7) is 0.738. The zero-order chi connectivity index (χ0) is 23.8. The Hall–Kier alpha value is -3.49. The van der Waals surface area contributed by atoms with Gasteiger partial charge in [-0.3, -0.25) is 14.6 Å². The van der Waals surface area contributed by atoms with E-state index in [2.05, 4.69) is 15.6 Å². The van der Waals surface area contributed by atoms with Crippen molar-refractivity contribution in [2.75, 3.05) is 23.3 Å². The number of nitrogens with zero attached hydrogens (tertiary/aromatic N) is 2. The first-order valence-electron chi connectivity index (χ1n) is 10.8. The lowest BCUT2D eigenvalue weighted by molar-refractivity contribution is -0.135. The predicted molar refractivity (Wildman–Crippen MR) is 125 cm³/mol. The SMILES string of the molecule is O=C(CN1NC2c3cc(F)ccc3N(Cc3ccccc3)CC2C1=O)Nc1ccc(F)c(Cl)c1. The monoisotopic (exact) mass is 482 g/mol. The summed E-state index contributed by atoms with van der Waals surface area (Å²) in [5, 5.41) is 3.76. The lowest BCUT2D eigenvalue weighted by Crippen LogP contribution is -2.41. The number of hydrazine groups is 1. The van der Waals surface area contributed by atoms with Gasteiger partial charge in [0, 0.05) is 24.5 Å². The fourth-order valence-corrected chi connectivity index (χ4v) is 4.71. The van der Waals surface area contributed by atoms with Crippen LogP contribution in [0.2, 0.25) is 5.02 Å². The van der Waals surface area contributed by atoms with E-state index < -0.39 is 29.5 Å². The van der Waals surface area contributed by atoms with Gasteiger partial charge in [-0.2, -0.15) is 0 Å². The van der Waals surface area contributed by atoms with E-state index in [-0.39, 0.29) is 17.5 Å². The Labute approximate surface area is 200 Å². The van der Waals surface area contributed by atoms with Crippen LogP contribution in [0, 0.1) is 17.6 Å². The first-order chi connectivity index (χ1) is 16.4. The molecule has 0 saturated carbocycles. The van der Waals surface area contributed by atoms with Gasteiger partial charge in [0.05, 0.1) is 17.0 Å². The Morgan fingerprint density at radius 3 is 2.65 bits per heavy atom. The molecule has 1 saturated heterocycles. The average molecular weight is 483 g/mol. The number of hydrogen-bond donors (Lipinski definition) is 2. The third kappa shape index (κ3) is 4.34. The van der Waals surface area contributed by atoms with Crippen LogP contribution >= 0.6 is 11.6 Å². The van der Waals surface area contributed by atoms with Crippen LogP contribution in [0.15, 0.2) is 66.7 Å². The van der Waals surface area contributed by atoms with Gasteiger partial charge in [-0.1, -0.05) is 41.9 Å². The first-order valence-corrected chi connectivity index (χ1v) is 11.2. The van der Waals surface area contributed by atoms with Crippen LogP contribution in [0.5, 0.6) is 0 Å². The van der Waals surface area contributed by atoms with E-state index in [0.29, 0.717) is 24.3 Å². The van der Waals surface area contributed by atoms with Crippen LogP contribution < -0.4 is 15.6 Å². The maximum atomic E-state index is 14.2. The van der Waals surface area contributed by atoms with Crippen LogP contribution in [0.1, 0.15) is 17.2 Å². The summed E-state index contributed by atoms with van der Waals surface area (Å²) in [6, 6.07) is 17.8. The first kappa shape index (κ1) is 22.3. The zero-order valence-electron chi connectivity index (χ0n) is 18.0. The largest absolute Gasteiger partial charge is 0.366 e. The molecule has 0 spiro atoms. The highest BCUT2D eigenvalue weighted by Crippen LogP contribution is 2.42. The third-order valence-electron chi connectivity index (χ3n) is 6.08. The summed E-state index contributed by atoms with van der Waals surface area (Å²) < 4.78 is 27.5. The van der Waals surface area contributed by atoms with E-state index >= 15 is 0 Å². The van der Waals surface area contributed by atoms with Gasteiger partial charge in [0.1, 0.15) is 18.2 Å². The maximum absolute atomic E-state index is 14.2. The van der Waals surface area contributed by atoms with Gasteiger partial charge in [0.15, 0.2) is 0 Å². The van der Waals surface area contributed by atoms with Gasteiger partial charge in [-0.25, -0.2) is 14.2 Å². The number of fused-ring (bicyclic) bond motifs is 3. The molecule has 0 aliphatic carbocycles. The highest BCUT2D eigenvalue weighted by Gasteiger charge is 2.46. The van der Waals surface area contributed by atoms with Crippen molar-refractivity contribution in [3.05, 3.63) is 94.5 Å². The second kappa shape index (κ2) is 9.04. The van der Waals surface area contributed by atoms with Crippen molar-refractivity contribution < 1.29 is 18.4 Å². The van der Waals surface area contributed by atoms with Gasteiger partial charge in [0.2, 0.25) is 11.8 Å². The van der Waals surface area contributed by atoms with Crippen LogP contribution in [0.25, 0.3) is 0 Å². The molecule has 0 radical (unpaired) electrons. The minimum Gasteiger partial charge on any atom is -0.366 e. The number of amides is 2. The van der Waals surface area contributed by atoms with Crippen LogP contribution in [-0.4, -0.2) is 29.9 Å². The molecule has 3 aromatic rings. The second-order valence-corrected chi connectivity index (χ2v) is 8.79. The van der Waals surface area contributed by atoms with Gasteiger partial charge in [-0.05, 0) is 47.5 Å². The summed E-state index contributed by atoms with van der Waals surface area (Å²) in [4.78, 5) is 27.8. The molecule has 5 rings (SSSR count). The van der Waals surface area contributed by atoms with E-state index in [1.807, 2.05) is 30.3 Å². The minimum absolute atomic E-state index is 0.115. The number of carbonyl (C=O) groups excluding carboxylic acids is 2. The van der Waals surface area contributed by atoms with Crippen molar-refractivity contribution in [2.24, 2.45) is 5.92 Å². The van der Waals surface area contributed by atoms with Gasteiger partial charge >= 0.3 is 0 Å². The van der Waals surface area contributed by atoms with Crippen molar-refractivity contribution in [2.45, 2.75) is 12.6 Å². The fourth-order valence-electron chi connectivity index (χ4n) is 4.53. The number of rotatable bonds is 5. The number of anilines is 2. The summed E-state index contributed by atoms with van der Waals surface area (Å²) in [5.41, 5.74) is 6.01. The lowest BCUT2D eigenvalue weighted by Gasteiger charge is -2.36. The Kier molecular flexibility index (Phi) is 5.93. The molecule has 2 atom stereocenters. The van der Waals surface area contributed by atoms with Crippen LogP contribution in [0.3, 0.4) is 0 Å². The van der Waals surface area contributed by atoms with E-state index in [0.717, 1.165) is 17.3 Å². The van der Waals surface area contributed by atoms with Gasteiger partial charge < -0.3 is 10.2 Å². The molecule has 3 aromatic carbocycles. The molecule has 9 heteroatoms. The van der Waals surface area contributed by atoms with Crippen LogP contribution in [0.4, 0.5) is 20.2 Å². The van der Waals surface area contributed by atoms with Crippen LogP contribution in [-0.2, 0) is 16.1 Å². The second-order valence-electron chi connectivity index (χ2n) is 8.38. The molecule has 6 nitrogen and oxygen atoms in total. The standard InChI is InChI=1S/C25H21ClF2N4O2/c26-20-11-17(7-8-21(20)28)29-23(33)14-32-25(34)19-13-31(12-15-4-2-1-3-5-15)22-9-6-16(27)10-18(22)24(19)30-32/h1-11,19,24,30H,12-14H2,(H,29,33). The topological polar surface area (TPSA) is 64.7 Å². The molecular weight excluding hydrogens is 462 g/mol. The highest BCUT2D eigenvalue weighted by atomic mass is 35.5. The molecule has 2 aliphatic heterocycles.